The largest absolute Gasteiger partial charge is 0.497 e. The predicted octanol–water partition coefficient (Wildman–Crippen LogP) is 2.13. The van der Waals surface area contributed by atoms with Crippen LogP contribution in [0.2, 0.25) is 5.02 Å². The molecule has 2 N–H and O–H groups in total. The molecule has 0 heterocycles. The highest BCUT2D eigenvalue weighted by atomic mass is 35.5. The van der Waals surface area contributed by atoms with Gasteiger partial charge in [0.15, 0.2) is 0 Å². The first kappa shape index (κ1) is 20.2. The predicted molar refractivity (Wildman–Crippen MR) is 102 cm³/mol. The summed E-state index contributed by atoms with van der Waals surface area (Å²) >= 11 is 5.79. The molecule has 26 heavy (non-hydrogen) atoms. The van der Waals surface area contributed by atoms with E-state index in [9.17, 15) is 13.2 Å². The minimum atomic E-state index is -3.55. The summed E-state index contributed by atoms with van der Waals surface area (Å²) in [6.07, 6.45) is 0.332. The fourth-order valence-corrected chi connectivity index (χ4v) is 3.32. The Kier molecular flexibility index (Phi) is 7.44. The Hall–Kier alpha value is -2.09. The van der Waals surface area contributed by atoms with E-state index in [1.165, 1.54) is 0 Å². The van der Waals surface area contributed by atoms with Gasteiger partial charge in [0.1, 0.15) is 5.75 Å². The van der Waals surface area contributed by atoms with Crippen LogP contribution in [0.1, 0.15) is 11.1 Å². The van der Waals surface area contributed by atoms with Crippen LogP contribution in [0.25, 0.3) is 0 Å². The molecule has 0 atom stereocenters. The molecule has 140 valence electrons. The van der Waals surface area contributed by atoms with Gasteiger partial charge in [-0.15, -0.1) is 0 Å². The molecule has 0 aliphatic carbocycles. The summed E-state index contributed by atoms with van der Waals surface area (Å²) in [6.45, 7) is 0.00950. The van der Waals surface area contributed by atoms with Gasteiger partial charge >= 0.3 is 0 Å². The number of aryl methyl sites for hydroxylation is 1. The summed E-state index contributed by atoms with van der Waals surface area (Å²) in [7, 11) is -2.00. The number of benzene rings is 2. The Labute approximate surface area is 158 Å². The Morgan fingerprint density at radius 1 is 1.12 bits per heavy atom. The fraction of sp³-hybridized carbons (Fsp3) is 0.278. The van der Waals surface area contributed by atoms with Gasteiger partial charge in [0.05, 0.1) is 19.4 Å². The van der Waals surface area contributed by atoms with Crippen molar-refractivity contribution in [3.8, 4) is 5.75 Å². The molecule has 0 unspecified atom stereocenters. The average Bonchev–Trinajstić information content (AvgIpc) is 2.65. The maximum absolute atomic E-state index is 12.0. The third kappa shape index (κ3) is 7.03. The molecule has 0 bridgehead atoms. The minimum Gasteiger partial charge on any atom is -0.497 e. The lowest BCUT2D eigenvalue weighted by Gasteiger charge is -2.09. The van der Waals surface area contributed by atoms with E-state index in [1.54, 1.807) is 49.6 Å². The fourth-order valence-electron chi connectivity index (χ4n) is 2.19. The van der Waals surface area contributed by atoms with Crippen molar-refractivity contribution < 1.29 is 17.9 Å². The molecule has 2 aromatic carbocycles. The zero-order valence-electron chi connectivity index (χ0n) is 14.4. The zero-order chi connectivity index (χ0) is 19.0. The summed E-state index contributed by atoms with van der Waals surface area (Å²) in [4.78, 5) is 11.8. The average molecular weight is 397 g/mol. The van der Waals surface area contributed by atoms with Gasteiger partial charge in [-0.05, 0) is 41.8 Å². The van der Waals surface area contributed by atoms with Crippen LogP contribution in [0, 0.1) is 0 Å². The number of carbonyl (C=O) groups excluding carboxylic acids is 1. The number of rotatable bonds is 9. The number of methoxy groups -OCH3 is 1. The lowest BCUT2D eigenvalue weighted by molar-refractivity contribution is -0.120. The summed E-state index contributed by atoms with van der Waals surface area (Å²) in [5.74, 6) is 0.171. The summed E-state index contributed by atoms with van der Waals surface area (Å²) < 4.78 is 31.5. The Balaban J connectivity index is 1.75. The van der Waals surface area contributed by atoms with Gasteiger partial charge in [-0.25, -0.2) is 13.1 Å². The maximum atomic E-state index is 12.0. The van der Waals surface area contributed by atoms with Gasteiger partial charge in [0.25, 0.3) is 0 Å². The molecule has 0 fully saturated rings. The molecule has 2 rings (SSSR count). The molecule has 0 aliphatic heterocycles. The number of ether oxygens (including phenoxy) is 1. The summed E-state index contributed by atoms with van der Waals surface area (Å²) in [5, 5.41) is 3.27. The van der Waals surface area contributed by atoms with Gasteiger partial charge in [-0.2, -0.15) is 0 Å². The normalized spacial score (nSPS) is 11.2. The van der Waals surface area contributed by atoms with Gasteiger partial charge < -0.3 is 10.1 Å². The molecule has 1 amide bonds. The third-order valence-electron chi connectivity index (χ3n) is 3.65. The van der Waals surface area contributed by atoms with Crippen LogP contribution in [-0.4, -0.2) is 33.7 Å². The van der Waals surface area contributed by atoms with Gasteiger partial charge in [-0.1, -0.05) is 35.9 Å². The second-order valence-corrected chi connectivity index (χ2v) is 8.01. The van der Waals surface area contributed by atoms with Gasteiger partial charge in [0.2, 0.25) is 15.9 Å². The lowest BCUT2D eigenvalue weighted by Crippen LogP contribution is -2.37. The molecule has 8 heteroatoms. The molecular formula is C18H21ClN2O4S. The zero-order valence-corrected chi connectivity index (χ0v) is 15.9. The van der Waals surface area contributed by atoms with E-state index in [0.29, 0.717) is 23.7 Å². The van der Waals surface area contributed by atoms with Crippen molar-refractivity contribution in [2.45, 2.75) is 13.0 Å². The lowest BCUT2D eigenvalue weighted by atomic mass is 10.2. The van der Waals surface area contributed by atoms with Crippen LogP contribution in [0.5, 0.6) is 5.75 Å². The third-order valence-corrected chi connectivity index (χ3v) is 5.23. The van der Waals surface area contributed by atoms with Crippen molar-refractivity contribution in [2.24, 2.45) is 0 Å². The number of nitrogens with one attached hydrogen (secondary N) is 2. The molecule has 0 radical (unpaired) electrons. The second-order valence-electron chi connectivity index (χ2n) is 5.64. The van der Waals surface area contributed by atoms with Crippen molar-refractivity contribution >= 4 is 27.5 Å². The van der Waals surface area contributed by atoms with E-state index in [2.05, 4.69) is 10.0 Å². The Morgan fingerprint density at radius 3 is 2.54 bits per heavy atom. The number of hydrogen-bond donors (Lipinski definition) is 2. The van der Waals surface area contributed by atoms with E-state index in [4.69, 9.17) is 16.3 Å². The van der Waals surface area contributed by atoms with Crippen molar-refractivity contribution in [3.05, 3.63) is 64.7 Å². The highest BCUT2D eigenvalue weighted by Crippen LogP contribution is 2.13. The Bertz CT molecular complexity index is 839. The SMILES string of the molecule is COc1cccc(CCS(=O)(=O)NCC(=O)NCc2ccc(Cl)cc2)c1. The van der Waals surface area contributed by atoms with Crippen LogP contribution in [0.4, 0.5) is 0 Å². The Morgan fingerprint density at radius 2 is 1.85 bits per heavy atom. The highest BCUT2D eigenvalue weighted by Gasteiger charge is 2.13. The van der Waals surface area contributed by atoms with Crippen LogP contribution in [0.3, 0.4) is 0 Å². The van der Waals surface area contributed by atoms with Crippen molar-refractivity contribution in [1.29, 1.82) is 0 Å². The highest BCUT2D eigenvalue weighted by molar-refractivity contribution is 7.89. The van der Waals surface area contributed by atoms with Crippen LogP contribution in [-0.2, 0) is 27.8 Å². The first-order valence-corrected chi connectivity index (χ1v) is 10.0. The first-order valence-electron chi connectivity index (χ1n) is 7.99. The molecule has 0 saturated heterocycles. The van der Waals surface area contributed by atoms with Crippen molar-refractivity contribution in [1.82, 2.24) is 10.0 Å². The molecule has 6 nitrogen and oxygen atoms in total. The molecule has 0 aliphatic rings. The van der Waals surface area contributed by atoms with E-state index >= 15 is 0 Å². The number of amides is 1. The number of hydrogen-bond acceptors (Lipinski definition) is 4. The topological polar surface area (TPSA) is 84.5 Å². The molecular weight excluding hydrogens is 376 g/mol. The van der Waals surface area contributed by atoms with Crippen molar-refractivity contribution in [2.75, 3.05) is 19.4 Å². The first-order chi connectivity index (χ1) is 12.4. The molecule has 0 aromatic heterocycles. The molecule has 0 spiro atoms. The van der Waals surface area contributed by atoms with E-state index in [1.807, 2.05) is 6.07 Å². The van der Waals surface area contributed by atoms with Gasteiger partial charge in [-0.3, -0.25) is 4.79 Å². The van der Waals surface area contributed by atoms with E-state index < -0.39 is 15.9 Å². The summed E-state index contributed by atoms with van der Waals surface area (Å²) in [5.41, 5.74) is 1.73. The molecule has 2 aromatic rings. The quantitative estimate of drug-likeness (QED) is 0.680. The standard InChI is InChI=1S/C18H21ClN2O4S/c1-25-17-4-2-3-14(11-17)9-10-26(23,24)21-13-18(22)20-12-15-5-7-16(19)8-6-15/h2-8,11,21H,9-10,12-13H2,1H3,(H,20,22). The second kappa shape index (κ2) is 9.56. The van der Waals surface area contributed by atoms with Gasteiger partial charge in [0, 0.05) is 11.6 Å². The maximum Gasteiger partial charge on any atom is 0.235 e. The number of halogens is 1. The van der Waals surface area contributed by atoms with Crippen LogP contribution < -0.4 is 14.8 Å². The van der Waals surface area contributed by atoms with Crippen LogP contribution >= 0.6 is 11.6 Å². The van der Waals surface area contributed by atoms with E-state index in [0.717, 1.165) is 11.1 Å². The summed E-state index contributed by atoms with van der Waals surface area (Å²) in [6, 6.07) is 14.3. The number of sulfonamides is 1. The van der Waals surface area contributed by atoms with E-state index in [-0.39, 0.29) is 12.3 Å². The van der Waals surface area contributed by atoms with Crippen LogP contribution in [0.15, 0.2) is 48.5 Å². The molecule has 0 saturated carbocycles. The minimum absolute atomic E-state index is 0.107. The smallest absolute Gasteiger partial charge is 0.235 e. The number of carbonyl (C=O) groups is 1. The van der Waals surface area contributed by atoms with Crippen molar-refractivity contribution in [3.63, 3.8) is 0 Å². The monoisotopic (exact) mass is 396 g/mol.